The molecule has 0 amide bonds. The second kappa shape index (κ2) is 9.60. The minimum absolute atomic E-state index is 0.110. The lowest BCUT2D eigenvalue weighted by Crippen LogP contribution is -2.43. The highest BCUT2D eigenvalue weighted by Gasteiger charge is 2.22. The fourth-order valence-corrected chi connectivity index (χ4v) is 3.34. The highest BCUT2D eigenvalue weighted by atomic mass is 35.5. The predicted octanol–water partition coefficient (Wildman–Crippen LogP) is 4.42. The van der Waals surface area contributed by atoms with Crippen molar-refractivity contribution in [2.45, 2.75) is 25.0 Å². The number of nitrogens with zero attached hydrogens (tertiary/aromatic N) is 1. The van der Waals surface area contributed by atoms with Crippen LogP contribution in [0.5, 0.6) is 11.5 Å². The average molecular weight is 414 g/mol. The van der Waals surface area contributed by atoms with E-state index in [9.17, 15) is 9.50 Å². The Hall–Kier alpha value is -1.53. The van der Waals surface area contributed by atoms with Gasteiger partial charge in [-0.05, 0) is 37.1 Å². The molecule has 146 valence electrons. The van der Waals surface area contributed by atoms with Gasteiger partial charge >= 0.3 is 0 Å². The summed E-state index contributed by atoms with van der Waals surface area (Å²) < 4.78 is 24.5. The van der Waals surface area contributed by atoms with Gasteiger partial charge in [0.25, 0.3) is 0 Å². The minimum Gasteiger partial charge on any atom is -0.491 e. The topological polar surface area (TPSA) is 41.9 Å². The van der Waals surface area contributed by atoms with Crippen molar-refractivity contribution in [3.8, 4) is 11.5 Å². The normalized spacial score (nSPS) is 16.9. The lowest BCUT2D eigenvalue weighted by Gasteiger charge is -2.33. The zero-order chi connectivity index (χ0) is 19.2. The van der Waals surface area contributed by atoms with Crippen molar-refractivity contribution >= 4 is 23.2 Å². The third-order valence-corrected chi connectivity index (χ3v) is 5.17. The Morgan fingerprint density at radius 3 is 2.56 bits per heavy atom. The van der Waals surface area contributed by atoms with Crippen molar-refractivity contribution < 1.29 is 19.0 Å². The van der Waals surface area contributed by atoms with Crippen LogP contribution in [0.15, 0.2) is 42.5 Å². The zero-order valence-electron chi connectivity index (χ0n) is 14.8. The third-order valence-electron chi connectivity index (χ3n) is 4.44. The van der Waals surface area contributed by atoms with Gasteiger partial charge in [0.1, 0.15) is 36.1 Å². The maximum absolute atomic E-state index is 13.1. The Kier molecular flexibility index (Phi) is 7.19. The first-order valence-corrected chi connectivity index (χ1v) is 9.65. The number of hydrogen-bond donors (Lipinski definition) is 1. The minimum atomic E-state index is -0.638. The van der Waals surface area contributed by atoms with E-state index in [1.54, 1.807) is 24.3 Å². The zero-order valence-corrected chi connectivity index (χ0v) is 16.3. The van der Waals surface area contributed by atoms with Crippen molar-refractivity contribution in [1.29, 1.82) is 0 Å². The van der Waals surface area contributed by atoms with Crippen LogP contribution in [0, 0.1) is 5.82 Å². The Morgan fingerprint density at radius 2 is 1.85 bits per heavy atom. The van der Waals surface area contributed by atoms with E-state index in [2.05, 4.69) is 4.90 Å². The van der Waals surface area contributed by atoms with Crippen molar-refractivity contribution in [3.05, 3.63) is 58.3 Å². The van der Waals surface area contributed by atoms with Crippen LogP contribution >= 0.6 is 23.2 Å². The Morgan fingerprint density at radius 1 is 1.07 bits per heavy atom. The number of halogens is 3. The molecule has 2 aromatic rings. The van der Waals surface area contributed by atoms with Crippen molar-refractivity contribution in [1.82, 2.24) is 4.90 Å². The van der Waals surface area contributed by atoms with Crippen LogP contribution in [0.1, 0.15) is 12.8 Å². The summed E-state index contributed by atoms with van der Waals surface area (Å²) >= 11 is 11.9. The van der Waals surface area contributed by atoms with Gasteiger partial charge in [-0.2, -0.15) is 0 Å². The van der Waals surface area contributed by atoms with Gasteiger partial charge in [0, 0.05) is 31.8 Å². The smallest absolute Gasteiger partial charge is 0.126 e. The molecule has 7 heteroatoms. The molecule has 4 nitrogen and oxygen atoms in total. The predicted molar refractivity (Wildman–Crippen MR) is 104 cm³/mol. The molecule has 0 aromatic heterocycles. The van der Waals surface area contributed by atoms with E-state index < -0.39 is 6.10 Å². The molecule has 0 radical (unpaired) electrons. The molecule has 27 heavy (non-hydrogen) atoms. The number of β-amino-alcohol motifs (C(OH)–C–C–N with tert-alkyl or cyclic N) is 1. The summed E-state index contributed by atoms with van der Waals surface area (Å²) in [5, 5.41) is 11.2. The standard InChI is InChI=1S/C20H22Cl2FNO3/c21-19-5-4-18(11-20(19)22)27-16-6-8-24(9-7-16)12-15(25)13-26-17-3-1-2-14(23)10-17/h1-5,10-11,15-16,25H,6-9,12-13H2. The summed E-state index contributed by atoms with van der Waals surface area (Å²) in [7, 11) is 0. The van der Waals surface area contributed by atoms with Crippen LogP contribution in [-0.2, 0) is 0 Å². The molecule has 0 spiro atoms. The molecule has 1 aliphatic heterocycles. The SMILES string of the molecule is OC(COc1cccc(F)c1)CN1CCC(Oc2ccc(Cl)c(Cl)c2)CC1. The second-order valence-electron chi connectivity index (χ2n) is 6.62. The van der Waals surface area contributed by atoms with Gasteiger partial charge < -0.3 is 19.5 Å². The van der Waals surface area contributed by atoms with Crippen molar-refractivity contribution in [2.75, 3.05) is 26.2 Å². The number of ether oxygens (including phenoxy) is 2. The van der Waals surface area contributed by atoms with E-state index in [1.807, 2.05) is 6.07 Å². The quantitative estimate of drug-likeness (QED) is 0.729. The Labute approximate surface area is 168 Å². The van der Waals surface area contributed by atoms with E-state index in [4.69, 9.17) is 32.7 Å². The van der Waals surface area contributed by atoms with Gasteiger partial charge in [-0.1, -0.05) is 29.3 Å². The first kappa shape index (κ1) is 20.2. The van der Waals surface area contributed by atoms with Crippen LogP contribution < -0.4 is 9.47 Å². The molecule has 2 aromatic carbocycles. The van der Waals surface area contributed by atoms with Gasteiger partial charge in [0.15, 0.2) is 0 Å². The summed E-state index contributed by atoms with van der Waals surface area (Å²) in [5.74, 6) is 0.778. The number of hydrogen-bond acceptors (Lipinski definition) is 4. The maximum Gasteiger partial charge on any atom is 0.126 e. The molecule has 1 N–H and O–H groups in total. The summed E-state index contributed by atoms with van der Waals surface area (Å²) in [6, 6.07) is 11.2. The van der Waals surface area contributed by atoms with Gasteiger partial charge in [-0.25, -0.2) is 4.39 Å². The lowest BCUT2D eigenvalue weighted by molar-refractivity contribution is 0.0401. The Balaban J connectivity index is 1.39. The maximum atomic E-state index is 13.1. The fraction of sp³-hybridized carbons (Fsp3) is 0.400. The van der Waals surface area contributed by atoms with Gasteiger partial charge in [0.2, 0.25) is 0 Å². The lowest BCUT2D eigenvalue weighted by atomic mass is 10.1. The molecule has 1 heterocycles. The summed E-state index contributed by atoms with van der Waals surface area (Å²) in [6.45, 7) is 2.28. The number of benzene rings is 2. The summed E-state index contributed by atoms with van der Waals surface area (Å²) in [4.78, 5) is 2.17. The molecule has 1 unspecified atom stereocenters. The number of aliphatic hydroxyl groups is 1. The average Bonchev–Trinajstić information content (AvgIpc) is 2.65. The fourth-order valence-electron chi connectivity index (χ4n) is 3.05. The molecular formula is C20H22Cl2FNO3. The first-order valence-electron chi connectivity index (χ1n) is 8.90. The molecule has 1 saturated heterocycles. The van der Waals surface area contributed by atoms with Crippen LogP contribution in [0.2, 0.25) is 10.0 Å². The van der Waals surface area contributed by atoms with Crippen LogP contribution in [-0.4, -0.2) is 48.5 Å². The summed E-state index contributed by atoms with van der Waals surface area (Å²) in [5.41, 5.74) is 0. The van der Waals surface area contributed by atoms with Crippen LogP contribution in [0.3, 0.4) is 0 Å². The van der Waals surface area contributed by atoms with Gasteiger partial charge in [-0.15, -0.1) is 0 Å². The van der Waals surface area contributed by atoms with Crippen molar-refractivity contribution in [2.24, 2.45) is 0 Å². The third kappa shape index (κ3) is 6.25. The number of rotatable bonds is 7. The molecule has 1 fully saturated rings. The monoisotopic (exact) mass is 413 g/mol. The van der Waals surface area contributed by atoms with E-state index in [1.165, 1.54) is 12.1 Å². The van der Waals surface area contributed by atoms with Crippen LogP contribution in [0.4, 0.5) is 4.39 Å². The Bertz CT molecular complexity index is 754. The first-order chi connectivity index (χ1) is 13.0. The molecule has 3 rings (SSSR count). The van der Waals surface area contributed by atoms with E-state index in [-0.39, 0.29) is 18.5 Å². The van der Waals surface area contributed by atoms with E-state index in [0.717, 1.165) is 25.9 Å². The summed E-state index contributed by atoms with van der Waals surface area (Å²) in [6.07, 6.45) is 1.19. The van der Waals surface area contributed by atoms with Crippen LogP contribution in [0.25, 0.3) is 0 Å². The number of likely N-dealkylation sites (tertiary alicyclic amines) is 1. The highest BCUT2D eigenvalue weighted by molar-refractivity contribution is 6.42. The molecular weight excluding hydrogens is 392 g/mol. The molecule has 0 saturated carbocycles. The number of aliphatic hydroxyl groups excluding tert-OH is 1. The van der Waals surface area contributed by atoms with E-state index in [0.29, 0.717) is 28.1 Å². The molecule has 0 aliphatic carbocycles. The van der Waals surface area contributed by atoms with Gasteiger partial charge in [0.05, 0.1) is 10.0 Å². The largest absolute Gasteiger partial charge is 0.491 e. The molecule has 0 bridgehead atoms. The van der Waals surface area contributed by atoms with E-state index >= 15 is 0 Å². The molecule has 1 atom stereocenters. The highest BCUT2D eigenvalue weighted by Crippen LogP contribution is 2.28. The second-order valence-corrected chi connectivity index (χ2v) is 7.43. The number of piperidine rings is 1. The van der Waals surface area contributed by atoms with Gasteiger partial charge in [-0.3, -0.25) is 0 Å². The molecule has 1 aliphatic rings. The van der Waals surface area contributed by atoms with Crippen molar-refractivity contribution in [3.63, 3.8) is 0 Å².